The minimum absolute atomic E-state index is 0. The number of hydrogen-bond acceptors (Lipinski definition) is 0. The Balaban J connectivity index is -0.0000000616. The van der Waals surface area contributed by atoms with Crippen LogP contribution < -0.4 is 0 Å². The topological polar surface area (TPSA) is 0 Å². The third kappa shape index (κ3) is 38.3. The molecule has 0 radical (unpaired) electrons. The molecular weight excluding hydrogens is 711 g/mol. The SMILES string of the molecule is C(=C\CCCC1CCCC1)/CCCC1CCCC1.CCCCC1CCCC1.CCCCC1CCCC1.[CH3-].[CH3-].[CH3-].[CH3-].[CH3-].[CH3-].[CH3-].[CH3-].[Zr+4].[Zr+4]. The summed E-state index contributed by atoms with van der Waals surface area (Å²) < 4.78 is 0. The third-order valence-electron chi connectivity index (χ3n) is 9.96. The van der Waals surface area contributed by atoms with Crippen LogP contribution in [-0.4, -0.2) is 0 Å². The van der Waals surface area contributed by atoms with E-state index in [0.717, 1.165) is 23.7 Å². The zero-order valence-corrected chi connectivity index (χ0v) is 39.2. The van der Waals surface area contributed by atoms with Crippen molar-refractivity contribution < 1.29 is 52.4 Å². The third-order valence-corrected chi connectivity index (χ3v) is 9.96. The molecule has 0 aromatic heterocycles. The molecule has 0 heterocycles. The molecule has 0 saturated heterocycles. The van der Waals surface area contributed by atoms with Crippen LogP contribution in [-0.2, 0) is 52.4 Å². The summed E-state index contributed by atoms with van der Waals surface area (Å²) in [4.78, 5) is 0. The maximum Gasteiger partial charge on any atom is 4.00 e. The molecule has 0 unspecified atom stereocenters. The van der Waals surface area contributed by atoms with Gasteiger partial charge in [0.05, 0.1) is 0 Å². The summed E-state index contributed by atoms with van der Waals surface area (Å²) >= 11 is 0. The molecule has 0 N–H and O–H groups in total. The maximum atomic E-state index is 2.45. The van der Waals surface area contributed by atoms with Crippen molar-refractivity contribution in [3.63, 3.8) is 0 Å². The molecule has 0 aromatic carbocycles. The van der Waals surface area contributed by atoms with Crippen molar-refractivity contribution >= 4 is 0 Å². The molecular formula is C44H92Zr2. The summed E-state index contributed by atoms with van der Waals surface area (Å²) in [5, 5.41) is 0. The van der Waals surface area contributed by atoms with Crippen molar-refractivity contribution in [2.24, 2.45) is 23.7 Å². The van der Waals surface area contributed by atoms with Crippen LogP contribution in [0, 0.1) is 83.1 Å². The van der Waals surface area contributed by atoms with Crippen LogP contribution >= 0.6 is 0 Å². The van der Waals surface area contributed by atoms with Crippen LogP contribution in [0.2, 0.25) is 0 Å². The Kier molecular flexibility index (Phi) is 76.6. The summed E-state index contributed by atoms with van der Waals surface area (Å²) in [7, 11) is 0. The Bertz CT molecular complexity index is 434. The minimum atomic E-state index is 0. The molecule has 0 amide bonds. The van der Waals surface area contributed by atoms with Gasteiger partial charge in [-0.3, -0.25) is 0 Å². The van der Waals surface area contributed by atoms with Gasteiger partial charge in [0.2, 0.25) is 0 Å². The summed E-state index contributed by atoms with van der Waals surface area (Å²) in [6, 6.07) is 0. The fraction of sp³-hybridized carbons (Fsp3) is 0.773. The first kappa shape index (κ1) is 69.3. The Labute approximate surface area is 338 Å². The van der Waals surface area contributed by atoms with Crippen molar-refractivity contribution in [1.29, 1.82) is 0 Å². The van der Waals surface area contributed by atoms with E-state index in [2.05, 4.69) is 26.0 Å². The number of rotatable bonds is 14. The normalized spacial score (nSPS) is 17.0. The quantitative estimate of drug-likeness (QED) is 0.0932. The van der Waals surface area contributed by atoms with Gasteiger partial charge in [0.1, 0.15) is 0 Å². The van der Waals surface area contributed by atoms with Crippen molar-refractivity contribution in [3.05, 3.63) is 71.6 Å². The van der Waals surface area contributed by atoms with E-state index in [-0.39, 0.29) is 112 Å². The van der Waals surface area contributed by atoms with Crippen LogP contribution in [0.4, 0.5) is 0 Å². The molecule has 4 aliphatic rings. The fourth-order valence-electron chi connectivity index (χ4n) is 7.47. The summed E-state index contributed by atoms with van der Waals surface area (Å²) in [6.07, 6.45) is 46.4. The van der Waals surface area contributed by atoms with E-state index in [9.17, 15) is 0 Å². The van der Waals surface area contributed by atoms with E-state index in [1.807, 2.05) is 0 Å². The molecule has 0 spiro atoms. The summed E-state index contributed by atoms with van der Waals surface area (Å²) in [5.74, 6) is 4.40. The van der Waals surface area contributed by atoms with E-state index in [1.54, 1.807) is 0 Å². The van der Waals surface area contributed by atoms with Gasteiger partial charge >= 0.3 is 52.4 Å². The van der Waals surface area contributed by atoms with Gasteiger partial charge in [-0.15, -0.1) is 0 Å². The average molecular weight is 804 g/mol. The molecule has 46 heavy (non-hydrogen) atoms. The first-order valence-corrected chi connectivity index (χ1v) is 17.5. The van der Waals surface area contributed by atoms with Crippen molar-refractivity contribution in [3.8, 4) is 0 Å². The summed E-state index contributed by atoms with van der Waals surface area (Å²) in [6.45, 7) is 4.57. The second kappa shape index (κ2) is 50.9. The van der Waals surface area contributed by atoms with Crippen molar-refractivity contribution in [1.82, 2.24) is 0 Å². The number of allylic oxidation sites excluding steroid dienone is 2. The van der Waals surface area contributed by atoms with Gasteiger partial charge in [-0.05, 0) is 49.4 Å². The van der Waals surface area contributed by atoms with Gasteiger partial charge in [0, 0.05) is 0 Å². The molecule has 2 heteroatoms. The van der Waals surface area contributed by atoms with Gasteiger partial charge < -0.3 is 59.4 Å². The zero-order chi connectivity index (χ0) is 25.5. The molecule has 0 aromatic rings. The molecule has 0 aliphatic heterocycles. The van der Waals surface area contributed by atoms with Crippen LogP contribution in [0.25, 0.3) is 0 Å². The second-order valence-corrected chi connectivity index (χ2v) is 13.2. The largest absolute Gasteiger partial charge is 4.00 e. The van der Waals surface area contributed by atoms with E-state index in [1.165, 1.54) is 180 Å². The van der Waals surface area contributed by atoms with E-state index in [0.29, 0.717) is 0 Å². The number of unbranched alkanes of at least 4 members (excludes halogenated alkanes) is 4. The Morgan fingerprint density at radius 3 is 0.739 bits per heavy atom. The average Bonchev–Trinajstić information content (AvgIpc) is 3.73. The van der Waals surface area contributed by atoms with Crippen LogP contribution in [0.15, 0.2) is 12.2 Å². The molecule has 0 atom stereocenters. The predicted molar refractivity (Wildman–Crippen MR) is 215 cm³/mol. The van der Waals surface area contributed by atoms with Gasteiger partial charge in [-0.2, -0.15) is 0 Å². The smallest absolute Gasteiger partial charge is 0.358 e. The molecule has 0 bridgehead atoms. The molecule has 4 rings (SSSR count). The maximum absolute atomic E-state index is 2.45. The Morgan fingerprint density at radius 1 is 0.348 bits per heavy atom. The minimum Gasteiger partial charge on any atom is -0.358 e. The predicted octanol–water partition coefficient (Wildman–Crippen LogP) is 16.6. The van der Waals surface area contributed by atoms with Crippen molar-refractivity contribution in [2.45, 2.75) is 194 Å². The fourth-order valence-corrected chi connectivity index (χ4v) is 7.47. The van der Waals surface area contributed by atoms with Gasteiger partial charge in [0.25, 0.3) is 0 Å². The van der Waals surface area contributed by atoms with Crippen molar-refractivity contribution in [2.75, 3.05) is 0 Å². The van der Waals surface area contributed by atoms with Gasteiger partial charge in [0.15, 0.2) is 0 Å². The van der Waals surface area contributed by atoms with Gasteiger partial charge in [-0.1, -0.05) is 180 Å². The molecule has 276 valence electrons. The molecule has 4 aliphatic carbocycles. The monoisotopic (exact) mass is 801 g/mol. The standard InChI is InChI=1S/C18H32.2C9H18.8CH3.2Zr/c1(3-5-11-17-13-7-8-14-17)2-4-6-12-18-15-9-10-16-18;2*1-2-3-6-9-7-4-5-8-9;;;;;;;;;;/h1-2,17-18H,3-16H2;2*9H,2-8H2,1H3;8*1H3;;/q;;;8*-1;2*+4/b2-1+;;;;;;;;;;;;. The Hall–Kier alpha value is 1.51. The Morgan fingerprint density at radius 2 is 0.543 bits per heavy atom. The number of hydrogen-bond donors (Lipinski definition) is 0. The van der Waals surface area contributed by atoms with E-state index < -0.39 is 0 Å². The van der Waals surface area contributed by atoms with Crippen LogP contribution in [0.5, 0.6) is 0 Å². The summed E-state index contributed by atoms with van der Waals surface area (Å²) in [5.41, 5.74) is 0. The van der Waals surface area contributed by atoms with Crippen LogP contribution in [0.3, 0.4) is 0 Å². The molecule has 4 saturated carbocycles. The van der Waals surface area contributed by atoms with Crippen LogP contribution in [0.1, 0.15) is 194 Å². The first-order valence-electron chi connectivity index (χ1n) is 17.5. The van der Waals surface area contributed by atoms with E-state index >= 15 is 0 Å². The molecule has 4 fully saturated rings. The zero-order valence-electron chi connectivity index (χ0n) is 34.3. The van der Waals surface area contributed by atoms with E-state index in [4.69, 9.17) is 0 Å². The van der Waals surface area contributed by atoms with Gasteiger partial charge in [-0.25, -0.2) is 0 Å². The second-order valence-electron chi connectivity index (χ2n) is 13.2. The molecule has 0 nitrogen and oxygen atoms in total. The first-order chi connectivity index (χ1) is 17.8.